The highest BCUT2D eigenvalue weighted by Gasteiger charge is 2.21. The molecule has 2 aromatic carbocycles. The Labute approximate surface area is 218 Å². The summed E-state index contributed by atoms with van der Waals surface area (Å²) in [6, 6.07) is 32.6. The normalized spacial score (nSPS) is 11.2. The van der Waals surface area contributed by atoms with Gasteiger partial charge in [0.05, 0.1) is 35.4 Å². The first kappa shape index (κ1) is 23.4. The molecule has 0 spiro atoms. The van der Waals surface area contributed by atoms with E-state index in [2.05, 4.69) is 4.98 Å². The van der Waals surface area contributed by atoms with E-state index in [1.807, 2.05) is 103 Å². The Kier molecular flexibility index (Phi) is 6.01. The summed E-state index contributed by atoms with van der Waals surface area (Å²) in [6.07, 6.45) is 1.66. The van der Waals surface area contributed by atoms with Crippen LogP contribution in [0.25, 0.3) is 28.0 Å². The Morgan fingerprint density at radius 3 is 2.24 bits per heavy atom. The molecule has 0 amide bonds. The second kappa shape index (κ2) is 9.78. The van der Waals surface area contributed by atoms with Gasteiger partial charge in [-0.15, -0.1) is 0 Å². The highest BCUT2D eigenvalue weighted by Crippen LogP contribution is 2.20. The van der Waals surface area contributed by atoms with Crippen LogP contribution in [-0.2, 0) is 13.1 Å². The van der Waals surface area contributed by atoms with E-state index in [1.165, 1.54) is 0 Å². The van der Waals surface area contributed by atoms with Crippen LogP contribution in [0.15, 0.2) is 119 Å². The van der Waals surface area contributed by atoms with Crippen LogP contribution in [0, 0.1) is 6.92 Å². The van der Waals surface area contributed by atoms with Gasteiger partial charge in [-0.25, -0.2) is 4.98 Å². The topological polar surface area (TPSA) is 74.7 Å². The third-order valence-corrected chi connectivity index (χ3v) is 6.71. The van der Waals surface area contributed by atoms with Crippen LogP contribution in [0.1, 0.15) is 17.0 Å². The van der Waals surface area contributed by atoms with Crippen molar-refractivity contribution in [2.24, 2.45) is 0 Å². The molecule has 4 aromatic heterocycles. The summed E-state index contributed by atoms with van der Waals surface area (Å²) in [6.45, 7) is 2.50. The lowest BCUT2D eigenvalue weighted by atomic mass is 10.1. The number of aromatic nitrogens is 5. The van der Waals surface area contributed by atoms with Crippen molar-refractivity contribution in [2.75, 3.05) is 0 Å². The first-order valence-electron chi connectivity index (χ1n) is 12.4. The largest absolute Gasteiger partial charge is 0.306 e. The fourth-order valence-corrected chi connectivity index (χ4v) is 4.86. The number of rotatable bonds is 6. The van der Waals surface area contributed by atoms with E-state index in [-0.39, 0.29) is 17.7 Å². The molecule has 0 radical (unpaired) electrons. The fraction of sp³-hybridized carbons (Fsp3) is 0.0968. The predicted octanol–water partition coefficient (Wildman–Crippen LogP) is 4.82. The van der Waals surface area contributed by atoms with Gasteiger partial charge in [0.25, 0.3) is 11.1 Å². The van der Waals surface area contributed by atoms with Crippen LogP contribution in [0.4, 0.5) is 0 Å². The van der Waals surface area contributed by atoms with Gasteiger partial charge >= 0.3 is 0 Å². The lowest BCUT2D eigenvalue weighted by Crippen LogP contribution is -2.24. The van der Waals surface area contributed by atoms with Crippen molar-refractivity contribution < 1.29 is 0 Å². The van der Waals surface area contributed by atoms with E-state index in [1.54, 1.807) is 27.6 Å². The Morgan fingerprint density at radius 2 is 1.50 bits per heavy atom. The Morgan fingerprint density at radius 1 is 0.763 bits per heavy atom. The van der Waals surface area contributed by atoms with Gasteiger partial charge in [0.2, 0.25) is 0 Å². The van der Waals surface area contributed by atoms with Gasteiger partial charge in [0.15, 0.2) is 5.82 Å². The average molecular weight is 500 g/mol. The van der Waals surface area contributed by atoms with Gasteiger partial charge in [-0.1, -0.05) is 72.8 Å². The molecule has 4 heterocycles. The maximum absolute atomic E-state index is 13.9. The van der Waals surface area contributed by atoms with Crippen LogP contribution in [0.3, 0.4) is 0 Å². The number of benzene rings is 2. The van der Waals surface area contributed by atoms with E-state index in [0.717, 1.165) is 22.5 Å². The average Bonchev–Trinajstić information content (AvgIpc) is 3.23. The molecule has 6 rings (SSSR count). The monoisotopic (exact) mass is 499 g/mol. The van der Waals surface area contributed by atoms with E-state index in [4.69, 9.17) is 4.98 Å². The third kappa shape index (κ3) is 4.24. The van der Waals surface area contributed by atoms with Crippen LogP contribution >= 0.6 is 0 Å². The molecule has 7 heteroatoms. The number of aryl methyl sites for hydroxylation is 1. The minimum Gasteiger partial charge on any atom is -0.306 e. The number of hydrogen-bond donors (Lipinski definition) is 0. The number of hydrogen-bond acceptors (Lipinski definition) is 4. The van der Waals surface area contributed by atoms with Gasteiger partial charge in [0, 0.05) is 23.5 Å². The number of fused-ring (bicyclic) bond motifs is 1. The SMILES string of the molecule is Cc1c2c(=O)n(-c3ccccn3)n(Cc3ccccc3)c2cc(=O)n1Cc1cccc(-c2ccccc2)n1. The molecule has 0 saturated heterocycles. The lowest BCUT2D eigenvalue weighted by Gasteiger charge is -2.13. The second-order valence-electron chi connectivity index (χ2n) is 9.14. The van der Waals surface area contributed by atoms with Crippen LogP contribution < -0.4 is 11.1 Å². The fourth-order valence-electron chi connectivity index (χ4n) is 4.86. The highest BCUT2D eigenvalue weighted by molar-refractivity contribution is 5.81. The van der Waals surface area contributed by atoms with Crippen molar-refractivity contribution in [1.82, 2.24) is 23.9 Å². The third-order valence-electron chi connectivity index (χ3n) is 6.71. The summed E-state index contributed by atoms with van der Waals surface area (Å²) >= 11 is 0. The minimum atomic E-state index is -0.216. The van der Waals surface area contributed by atoms with Crippen molar-refractivity contribution in [3.63, 3.8) is 0 Å². The molecular formula is C31H25N5O2. The molecule has 0 atom stereocenters. The van der Waals surface area contributed by atoms with E-state index < -0.39 is 0 Å². The summed E-state index contributed by atoms with van der Waals surface area (Å²) in [5.41, 5.74) is 4.36. The molecule has 0 fully saturated rings. The molecule has 38 heavy (non-hydrogen) atoms. The maximum atomic E-state index is 13.9. The molecule has 7 nitrogen and oxygen atoms in total. The molecular weight excluding hydrogens is 474 g/mol. The molecule has 0 aliphatic heterocycles. The first-order chi connectivity index (χ1) is 18.6. The number of nitrogens with zero attached hydrogens (tertiary/aromatic N) is 5. The van der Waals surface area contributed by atoms with Gasteiger partial charge < -0.3 is 4.57 Å². The van der Waals surface area contributed by atoms with Crippen molar-refractivity contribution in [1.29, 1.82) is 0 Å². The summed E-state index contributed by atoms with van der Waals surface area (Å²) < 4.78 is 5.02. The Balaban J connectivity index is 1.51. The van der Waals surface area contributed by atoms with Gasteiger partial charge in [0.1, 0.15) is 0 Å². The van der Waals surface area contributed by atoms with Gasteiger partial charge in [-0.3, -0.25) is 19.3 Å². The zero-order valence-electron chi connectivity index (χ0n) is 20.9. The predicted molar refractivity (Wildman–Crippen MR) is 149 cm³/mol. The van der Waals surface area contributed by atoms with E-state index in [0.29, 0.717) is 29.0 Å². The zero-order valence-corrected chi connectivity index (χ0v) is 20.9. The second-order valence-corrected chi connectivity index (χ2v) is 9.14. The number of pyridine rings is 3. The summed E-state index contributed by atoms with van der Waals surface area (Å²) in [7, 11) is 0. The maximum Gasteiger partial charge on any atom is 0.282 e. The summed E-state index contributed by atoms with van der Waals surface area (Å²) in [4.78, 5) is 36.6. The van der Waals surface area contributed by atoms with Gasteiger partial charge in [-0.05, 0) is 36.8 Å². The van der Waals surface area contributed by atoms with Crippen molar-refractivity contribution in [3.05, 3.63) is 147 Å². The Bertz CT molecular complexity index is 1850. The summed E-state index contributed by atoms with van der Waals surface area (Å²) in [5.74, 6) is 0.500. The van der Waals surface area contributed by atoms with E-state index in [9.17, 15) is 9.59 Å². The quantitative estimate of drug-likeness (QED) is 0.329. The molecule has 0 aliphatic carbocycles. The molecule has 0 bridgehead atoms. The highest BCUT2D eigenvalue weighted by atomic mass is 16.1. The summed E-state index contributed by atoms with van der Waals surface area (Å²) in [5, 5.41) is 0.491. The smallest absolute Gasteiger partial charge is 0.282 e. The Hall–Kier alpha value is -5.04. The van der Waals surface area contributed by atoms with Crippen molar-refractivity contribution >= 4 is 10.9 Å². The molecule has 186 valence electrons. The molecule has 0 unspecified atom stereocenters. The first-order valence-corrected chi connectivity index (χ1v) is 12.4. The zero-order chi connectivity index (χ0) is 26.1. The molecule has 6 aromatic rings. The molecule has 0 N–H and O–H groups in total. The van der Waals surface area contributed by atoms with Crippen LogP contribution in [0.2, 0.25) is 0 Å². The van der Waals surface area contributed by atoms with Crippen molar-refractivity contribution in [2.45, 2.75) is 20.0 Å². The van der Waals surface area contributed by atoms with Crippen LogP contribution in [0.5, 0.6) is 0 Å². The minimum absolute atomic E-state index is 0.193. The van der Waals surface area contributed by atoms with Crippen molar-refractivity contribution in [3.8, 4) is 17.1 Å². The van der Waals surface area contributed by atoms with Gasteiger partial charge in [-0.2, -0.15) is 4.68 Å². The van der Waals surface area contributed by atoms with Crippen LogP contribution in [-0.4, -0.2) is 23.9 Å². The molecule has 0 aliphatic rings. The lowest BCUT2D eigenvalue weighted by molar-refractivity contribution is 0.602. The standard InChI is InChI=1S/C31H25N5O2/c1-22-30-27(19-29(37)34(22)21-25-15-10-16-26(33-25)24-13-6-3-7-14-24)35(20-23-11-4-2-5-12-23)36(31(30)38)28-17-8-9-18-32-28/h2-19H,20-21H2,1H3. The van der Waals surface area contributed by atoms with E-state index >= 15 is 0 Å². The molecule has 0 saturated carbocycles.